The smallest absolute Gasteiger partial charge is 0.136 e. The van der Waals surface area contributed by atoms with Crippen molar-refractivity contribution in [3.05, 3.63) is 0 Å². The van der Waals surface area contributed by atoms with Gasteiger partial charge in [0.2, 0.25) is 0 Å². The van der Waals surface area contributed by atoms with E-state index in [-0.39, 0.29) is 17.4 Å². The van der Waals surface area contributed by atoms with Gasteiger partial charge < -0.3 is 5.11 Å². The molecule has 166 valence electrons. The third-order valence-corrected chi connectivity index (χ3v) is 10.6. The van der Waals surface area contributed by atoms with E-state index in [1.165, 1.54) is 44.9 Å². The van der Waals surface area contributed by atoms with Gasteiger partial charge in [-0.25, -0.2) is 0 Å². The first-order valence-electron chi connectivity index (χ1n) is 12.9. The van der Waals surface area contributed by atoms with Gasteiger partial charge >= 0.3 is 0 Å². The molecule has 29 heavy (non-hydrogen) atoms. The van der Waals surface area contributed by atoms with Gasteiger partial charge in [0, 0.05) is 12.3 Å². The standard InChI is InChI=1S/C27H46O2/c1-17(2)7-6-8-18(3)21-9-10-22-20-16-25(29)24-15-19(28)11-13-27(24,5)23(20)12-14-26(21,22)4/h17-24,28H,6-16H2,1-5H3/t18-,19+,20-,21+,22-,23-,24+,26+,27+/m0/s1. The fraction of sp³-hybridized carbons (Fsp3) is 0.963. The Kier molecular flexibility index (Phi) is 5.99. The Morgan fingerprint density at radius 3 is 2.38 bits per heavy atom. The van der Waals surface area contributed by atoms with Crippen molar-refractivity contribution in [3.63, 3.8) is 0 Å². The maximum absolute atomic E-state index is 13.2. The summed E-state index contributed by atoms with van der Waals surface area (Å²) in [5, 5.41) is 10.2. The molecule has 2 nitrogen and oxygen atoms in total. The molecule has 0 spiro atoms. The number of aliphatic hydroxyl groups is 1. The lowest BCUT2D eigenvalue weighted by Crippen LogP contribution is -2.57. The number of carbonyl (C=O) groups excluding carboxylic acids is 1. The van der Waals surface area contributed by atoms with E-state index in [2.05, 4.69) is 34.6 Å². The first kappa shape index (κ1) is 21.8. The molecule has 4 aliphatic rings. The summed E-state index contributed by atoms with van der Waals surface area (Å²) in [4.78, 5) is 13.2. The predicted molar refractivity (Wildman–Crippen MR) is 119 cm³/mol. The lowest BCUT2D eigenvalue weighted by molar-refractivity contribution is -0.160. The van der Waals surface area contributed by atoms with Gasteiger partial charge in [0.05, 0.1) is 6.10 Å². The Labute approximate surface area is 179 Å². The normalized spacial score (nSPS) is 48.2. The van der Waals surface area contributed by atoms with Gasteiger partial charge in [0.25, 0.3) is 0 Å². The SMILES string of the molecule is CC(C)CCC[C@H](C)[C@H]1CC[C@H]2[C@@H]3CC(=O)[C@H]4C[C@H](O)CC[C@]4(C)[C@H]3CC[C@]12C. The van der Waals surface area contributed by atoms with Crippen LogP contribution in [-0.2, 0) is 4.79 Å². The molecule has 0 amide bonds. The molecule has 4 fully saturated rings. The van der Waals surface area contributed by atoms with E-state index in [1.54, 1.807) is 0 Å². The lowest BCUT2D eigenvalue weighted by atomic mass is 9.44. The van der Waals surface area contributed by atoms with Crippen molar-refractivity contribution < 1.29 is 9.90 Å². The Balaban J connectivity index is 1.50. The Morgan fingerprint density at radius 2 is 1.66 bits per heavy atom. The van der Waals surface area contributed by atoms with Crippen LogP contribution in [0.3, 0.4) is 0 Å². The van der Waals surface area contributed by atoms with Crippen molar-refractivity contribution in [1.82, 2.24) is 0 Å². The molecule has 0 aromatic heterocycles. The van der Waals surface area contributed by atoms with Crippen molar-refractivity contribution in [2.75, 3.05) is 0 Å². The monoisotopic (exact) mass is 402 g/mol. The number of aliphatic hydroxyl groups excluding tert-OH is 1. The van der Waals surface area contributed by atoms with E-state index in [4.69, 9.17) is 0 Å². The van der Waals surface area contributed by atoms with Gasteiger partial charge in [-0.05, 0) is 91.3 Å². The molecule has 0 aromatic carbocycles. The minimum Gasteiger partial charge on any atom is -0.393 e. The molecule has 4 aliphatic carbocycles. The van der Waals surface area contributed by atoms with Gasteiger partial charge in [-0.3, -0.25) is 4.79 Å². The zero-order chi connectivity index (χ0) is 21.0. The molecule has 0 unspecified atom stereocenters. The van der Waals surface area contributed by atoms with E-state index < -0.39 is 0 Å². The van der Waals surface area contributed by atoms with Gasteiger partial charge in [-0.15, -0.1) is 0 Å². The van der Waals surface area contributed by atoms with Crippen molar-refractivity contribution in [3.8, 4) is 0 Å². The molecule has 0 bridgehead atoms. The number of hydrogen-bond acceptors (Lipinski definition) is 2. The fourth-order valence-corrected chi connectivity index (χ4v) is 9.04. The second-order valence-corrected chi connectivity index (χ2v) is 12.6. The summed E-state index contributed by atoms with van der Waals surface area (Å²) in [7, 11) is 0. The molecule has 4 saturated carbocycles. The topological polar surface area (TPSA) is 37.3 Å². The molecular formula is C27H46O2. The quantitative estimate of drug-likeness (QED) is 0.559. The number of carbonyl (C=O) groups is 1. The zero-order valence-corrected chi connectivity index (χ0v) is 19.8. The van der Waals surface area contributed by atoms with Crippen LogP contribution in [-0.4, -0.2) is 17.0 Å². The molecule has 2 heteroatoms. The van der Waals surface area contributed by atoms with E-state index in [9.17, 15) is 9.90 Å². The number of ketones is 1. The van der Waals surface area contributed by atoms with Crippen molar-refractivity contribution in [1.29, 1.82) is 0 Å². The first-order chi connectivity index (χ1) is 13.7. The van der Waals surface area contributed by atoms with Gasteiger partial charge in [-0.1, -0.05) is 53.9 Å². The van der Waals surface area contributed by atoms with E-state index in [0.29, 0.717) is 23.0 Å². The summed E-state index contributed by atoms with van der Waals surface area (Å²) in [6.45, 7) is 12.2. The Morgan fingerprint density at radius 1 is 0.966 bits per heavy atom. The predicted octanol–water partition coefficient (Wildman–Crippen LogP) is 6.65. The van der Waals surface area contributed by atoms with Crippen molar-refractivity contribution in [2.45, 2.75) is 111 Å². The van der Waals surface area contributed by atoms with Gasteiger partial charge in [0.1, 0.15) is 5.78 Å². The van der Waals surface area contributed by atoms with Crippen LogP contribution in [0.1, 0.15) is 105 Å². The molecule has 0 radical (unpaired) electrons. The highest BCUT2D eigenvalue weighted by Crippen LogP contribution is 2.67. The third-order valence-electron chi connectivity index (χ3n) is 10.6. The highest BCUT2D eigenvalue weighted by molar-refractivity contribution is 5.83. The summed E-state index contributed by atoms with van der Waals surface area (Å²) in [5.41, 5.74) is 0.609. The summed E-state index contributed by atoms with van der Waals surface area (Å²) < 4.78 is 0. The summed E-state index contributed by atoms with van der Waals surface area (Å²) in [5.74, 6) is 5.21. The first-order valence-corrected chi connectivity index (χ1v) is 12.9. The van der Waals surface area contributed by atoms with Gasteiger partial charge in [0.15, 0.2) is 0 Å². The van der Waals surface area contributed by atoms with Crippen LogP contribution in [0.4, 0.5) is 0 Å². The average molecular weight is 403 g/mol. The van der Waals surface area contributed by atoms with Crippen LogP contribution in [0.15, 0.2) is 0 Å². The summed E-state index contributed by atoms with van der Waals surface area (Å²) in [6, 6.07) is 0. The number of hydrogen-bond donors (Lipinski definition) is 1. The van der Waals surface area contributed by atoms with E-state index in [1.807, 2.05) is 0 Å². The molecule has 0 saturated heterocycles. The maximum Gasteiger partial charge on any atom is 0.136 e. The average Bonchev–Trinajstić information content (AvgIpc) is 3.00. The van der Waals surface area contributed by atoms with E-state index >= 15 is 0 Å². The van der Waals surface area contributed by atoms with Crippen LogP contribution in [0.25, 0.3) is 0 Å². The summed E-state index contributed by atoms with van der Waals surface area (Å²) in [6.07, 6.45) is 12.8. The molecule has 1 N–H and O–H groups in total. The van der Waals surface area contributed by atoms with Crippen molar-refractivity contribution >= 4 is 5.78 Å². The lowest BCUT2D eigenvalue weighted by Gasteiger charge is -2.60. The van der Waals surface area contributed by atoms with Crippen LogP contribution in [0.5, 0.6) is 0 Å². The molecule has 0 heterocycles. The highest BCUT2D eigenvalue weighted by Gasteiger charge is 2.62. The van der Waals surface area contributed by atoms with Gasteiger partial charge in [-0.2, -0.15) is 0 Å². The third kappa shape index (κ3) is 3.64. The number of Topliss-reactive ketones (excluding diaryl/α,β-unsaturated/α-hetero) is 1. The summed E-state index contributed by atoms with van der Waals surface area (Å²) >= 11 is 0. The minimum atomic E-state index is -0.245. The Bertz CT molecular complexity index is 612. The molecular weight excluding hydrogens is 356 g/mol. The Hall–Kier alpha value is -0.370. The second kappa shape index (κ2) is 7.95. The second-order valence-electron chi connectivity index (χ2n) is 12.6. The maximum atomic E-state index is 13.2. The minimum absolute atomic E-state index is 0.129. The fourth-order valence-electron chi connectivity index (χ4n) is 9.04. The van der Waals surface area contributed by atoms with E-state index in [0.717, 1.165) is 49.4 Å². The number of rotatable bonds is 5. The zero-order valence-electron chi connectivity index (χ0n) is 19.8. The molecule has 4 rings (SSSR count). The molecule has 9 atom stereocenters. The number of fused-ring (bicyclic) bond motifs is 5. The van der Waals surface area contributed by atoms with Crippen LogP contribution < -0.4 is 0 Å². The largest absolute Gasteiger partial charge is 0.393 e. The molecule has 0 aliphatic heterocycles. The molecule has 0 aromatic rings. The van der Waals surface area contributed by atoms with Crippen LogP contribution >= 0.6 is 0 Å². The van der Waals surface area contributed by atoms with Crippen LogP contribution in [0, 0.1) is 52.3 Å². The highest BCUT2D eigenvalue weighted by atomic mass is 16.3. The van der Waals surface area contributed by atoms with Crippen LogP contribution in [0.2, 0.25) is 0 Å². The van der Waals surface area contributed by atoms with Crippen molar-refractivity contribution in [2.24, 2.45) is 52.3 Å².